The van der Waals surface area contributed by atoms with Gasteiger partial charge in [0.15, 0.2) is 5.69 Å². The third kappa shape index (κ3) is 6.54. The highest BCUT2D eigenvalue weighted by atomic mass is 19.4. The van der Waals surface area contributed by atoms with Gasteiger partial charge in [-0.2, -0.15) is 13.2 Å². The fourth-order valence-electron chi connectivity index (χ4n) is 4.52. The second-order valence-electron chi connectivity index (χ2n) is 9.43. The fraction of sp³-hybridized carbons (Fsp3) is 0.560. The topological polar surface area (TPSA) is 126 Å². The summed E-state index contributed by atoms with van der Waals surface area (Å²) in [4.78, 5) is 36.2. The first-order valence-corrected chi connectivity index (χ1v) is 12.4. The number of hydrogen-bond acceptors (Lipinski definition) is 7. The lowest BCUT2D eigenvalue weighted by atomic mass is 9.94. The van der Waals surface area contributed by atoms with E-state index >= 15 is 0 Å². The van der Waals surface area contributed by atoms with E-state index in [1.165, 1.54) is 5.56 Å². The number of carbonyl (C=O) groups is 2. The van der Waals surface area contributed by atoms with Crippen LogP contribution in [0.4, 0.5) is 19.0 Å². The number of pyridine rings is 1. The van der Waals surface area contributed by atoms with Gasteiger partial charge in [-0.3, -0.25) is 4.79 Å². The average molecular weight is 522 g/mol. The molecule has 0 bridgehead atoms. The summed E-state index contributed by atoms with van der Waals surface area (Å²) in [5, 5.41) is 15.2. The van der Waals surface area contributed by atoms with Gasteiger partial charge >= 0.3 is 12.1 Å². The zero-order chi connectivity index (χ0) is 26.5. The first-order chi connectivity index (χ1) is 17.7. The van der Waals surface area contributed by atoms with Gasteiger partial charge < -0.3 is 20.5 Å². The molecule has 3 N–H and O–H groups in total. The lowest BCUT2D eigenvalue weighted by molar-refractivity contribution is -0.144. The molecule has 0 spiro atoms. The lowest BCUT2D eigenvalue weighted by Crippen LogP contribution is -2.46. The summed E-state index contributed by atoms with van der Waals surface area (Å²) < 4.78 is 45.7. The summed E-state index contributed by atoms with van der Waals surface area (Å²) in [6.45, 7) is 1.45. The van der Waals surface area contributed by atoms with Gasteiger partial charge in [-0.15, -0.1) is 0 Å². The maximum atomic E-state index is 13.4. The van der Waals surface area contributed by atoms with Crippen molar-refractivity contribution in [2.24, 2.45) is 0 Å². The van der Waals surface area contributed by atoms with Crippen LogP contribution in [0.15, 0.2) is 24.7 Å². The summed E-state index contributed by atoms with van der Waals surface area (Å²) in [5.41, 5.74) is -0.727. The zero-order valence-corrected chi connectivity index (χ0v) is 20.3. The highest BCUT2D eigenvalue weighted by molar-refractivity contribution is 5.94. The lowest BCUT2D eigenvalue weighted by Gasteiger charge is -2.22. The molecule has 1 aliphatic carbocycles. The number of halogens is 3. The van der Waals surface area contributed by atoms with Crippen molar-refractivity contribution in [3.63, 3.8) is 0 Å². The van der Waals surface area contributed by atoms with E-state index in [0.717, 1.165) is 62.7 Å². The molecule has 1 unspecified atom stereocenters. The summed E-state index contributed by atoms with van der Waals surface area (Å²) in [7, 11) is 0. The minimum absolute atomic E-state index is 0.00732. The van der Waals surface area contributed by atoms with Gasteiger partial charge in [0, 0.05) is 43.6 Å². The van der Waals surface area contributed by atoms with Crippen LogP contribution in [0, 0.1) is 0 Å². The molecule has 2 aliphatic rings. The number of carboxylic acid groups (broad SMARTS) is 1. The number of rotatable bonds is 12. The zero-order valence-electron chi connectivity index (χ0n) is 20.3. The van der Waals surface area contributed by atoms with Gasteiger partial charge in [-0.05, 0) is 56.6 Å². The van der Waals surface area contributed by atoms with Gasteiger partial charge in [0.1, 0.15) is 18.2 Å². The Kier molecular flexibility index (Phi) is 8.25. The molecule has 2 aromatic rings. The number of unbranched alkanes of at least 4 members (excludes halogenated alkanes) is 1. The molecule has 0 aromatic carbocycles. The van der Waals surface area contributed by atoms with Crippen LogP contribution in [-0.4, -0.2) is 57.7 Å². The predicted molar refractivity (Wildman–Crippen MR) is 127 cm³/mol. The van der Waals surface area contributed by atoms with Crippen LogP contribution in [0.3, 0.4) is 0 Å². The number of alkyl halides is 3. The van der Waals surface area contributed by atoms with Crippen molar-refractivity contribution in [1.29, 1.82) is 0 Å². The average Bonchev–Trinajstić information content (AvgIpc) is 3.69. The molecular weight excluding hydrogens is 491 g/mol. The van der Waals surface area contributed by atoms with Crippen LogP contribution in [0.5, 0.6) is 0 Å². The molecule has 1 saturated carbocycles. The molecule has 2 aromatic heterocycles. The summed E-state index contributed by atoms with van der Waals surface area (Å²) in [6.07, 6.45) is 1.89. The van der Waals surface area contributed by atoms with E-state index in [-0.39, 0.29) is 31.4 Å². The van der Waals surface area contributed by atoms with E-state index in [9.17, 15) is 27.9 Å². The first-order valence-electron chi connectivity index (χ1n) is 12.4. The molecule has 0 saturated heterocycles. The Morgan fingerprint density at radius 3 is 2.76 bits per heavy atom. The van der Waals surface area contributed by atoms with Crippen molar-refractivity contribution >= 4 is 17.7 Å². The Labute approximate surface area is 212 Å². The molecule has 37 heavy (non-hydrogen) atoms. The molecule has 200 valence electrons. The molecule has 0 radical (unpaired) electrons. The van der Waals surface area contributed by atoms with Crippen LogP contribution >= 0.6 is 0 Å². The highest BCUT2D eigenvalue weighted by Gasteiger charge is 2.56. The molecule has 3 heterocycles. The van der Waals surface area contributed by atoms with Crippen molar-refractivity contribution in [3.8, 4) is 0 Å². The number of fused-ring (bicyclic) bond motifs is 1. The third-order valence-electron chi connectivity index (χ3n) is 6.76. The Morgan fingerprint density at radius 1 is 1.22 bits per heavy atom. The molecule has 9 nitrogen and oxygen atoms in total. The van der Waals surface area contributed by atoms with E-state index in [2.05, 4.69) is 31.7 Å². The van der Waals surface area contributed by atoms with Gasteiger partial charge in [0.25, 0.3) is 0 Å². The Bertz CT molecular complexity index is 1120. The monoisotopic (exact) mass is 521 g/mol. The van der Waals surface area contributed by atoms with Crippen molar-refractivity contribution in [2.45, 2.75) is 69.0 Å². The largest absolute Gasteiger partial charge is 0.480 e. The van der Waals surface area contributed by atoms with Gasteiger partial charge in [0.05, 0.1) is 5.41 Å². The number of anilines is 1. The van der Waals surface area contributed by atoms with Crippen LogP contribution in [0.2, 0.25) is 0 Å². The number of aliphatic carboxylic acids is 1. The van der Waals surface area contributed by atoms with Crippen molar-refractivity contribution in [3.05, 3.63) is 47.2 Å². The first kappa shape index (κ1) is 26.8. The van der Waals surface area contributed by atoms with Crippen molar-refractivity contribution in [2.75, 3.05) is 25.1 Å². The molecule has 1 amide bonds. The number of carbonyl (C=O) groups excluding carboxylic acids is 1. The van der Waals surface area contributed by atoms with Crippen LogP contribution in [0.25, 0.3) is 0 Å². The van der Waals surface area contributed by atoms with Crippen LogP contribution in [-0.2, 0) is 38.8 Å². The maximum Gasteiger partial charge on any atom is 0.433 e. The SMILES string of the molecule is O=C(O)C(CCOCCCCc1ccc2c(n1)NCCC2)NC(=O)C1(c2cncnc2C(F)(F)F)CC1. The predicted octanol–water partition coefficient (Wildman–Crippen LogP) is 3.28. The van der Waals surface area contributed by atoms with Gasteiger partial charge in [-0.1, -0.05) is 6.07 Å². The number of ether oxygens (including phenoxy) is 1. The van der Waals surface area contributed by atoms with Crippen LogP contribution in [0.1, 0.15) is 61.0 Å². The number of nitrogens with zero attached hydrogens (tertiary/aromatic N) is 3. The summed E-state index contributed by atoms with van der Waals surface area (Å²) in [6, 6.07) is 2.87. The smallest absolute Gasteiger partial charge is 0.433 e. The molecule has 4 rings (SSSR count). The minimum Gasteiger partial charge on any atom is -0.480 e. The number of aryl methyl sites for hydroxylation is 2. The third-order valence-corrected chi connectivity index (χ3v) is 6.76. The Morgan fingerprint density at radius 2 is 2.03 bits per heavy atom. The van der Waals surface area contributed by atoms with E-state index in [1.54, 1.807) is 0 Å². The molecule has 12 heteroatoms. The fourth-order valence-corrected chi connectivity index (χ4v) is 4.52. The number of nitrogens with one attached hydrogen (secondary N) is 2. The Balaban J connectivity index is 1.21. The minimum atomic E-state index is -4.75. The molecular formula is C25H30F3N5O4. The maximum absolute atomic E-state index is 13.4. The summed E-state index contributed by atoms with van der Waals surface area (Å²) in [5.74, 6) is -1.09. The van der Waals surface area contributed by atoms with Crippen molar-refractivity contribution in [1.82, 2.24) is 20.3 Å². The summed E-state index contributed by atoms with van der Waals surface area (Å²) >= 11 is 0. The van der Waals surface area contributed by atoms with Gasteiger partial charge in [-0.25, -0.2) is 19.7 Å². The second kappa shape index (κ2) is 11.4. The quantitative estimate of drug-likeness (QED) is 0.364. The van der Waals surface area contributed by atoms with E-state index in [0.29, 0.717) is 6.61 Å². The number of amides is 1. The second-order valence-corrected chi connectivity index (χ2v) is 9.43. The van der Waals surface area contributed by atoms with Crippen molar-refractivity contribution < 1.29 is 32.6 Å². The normalized spacial score (nSPS) is 16.8. The van der Waals surface area contributed by atoms with Crippen LogP contribution < -0.4 is 10.6 Å². The van der Waals surface area contributed by atoms with E-state index < -0.39 is 35.2 Å². The van der Waals surface area contributed by atoms with E-state index in [1.807, 2.05) is 6.07 Å². The standard InChI is InChI=1S/C25H30F3N5O4/c26-25(27,28)20-18(14-29-15-31-20)24(9-10-24)23(36)33-19(22(34)35)8-13-37-12-2-1-5-17-7-6-16-4-3-11-30-21(16)32-17/h6-7,14-15,19H,1-5,8-13H2,(H,30,32)(H,33,36)(H,34,35). The molecule has 1 aliphatic heterocycles. The number of carboxylic acids is 1. The Hall–Kier alpha value is -3.28. The molecule has 1 fully saturated rings. The van der Waals surface area contributed by atoms with Gasteiger partial charge in [0.2, 0.25) is 5.91 Å². The number of aromatic nitrogens is 3. The number of hydrogen-bond donors (Lipinski definition) is 3. The highest BCUT2D eigenvalue weighted by Crippen LogP contribution is 2.51. The van der Waals surface area contributed by atoms with E-state index in [4.69, 9.17) is 4.74 Å². The molecule has 1 atom stereocenters.